The zero-order valence-electron chi connectivity index (χ0n) is 47.7. The smallest absolute Gasteiger partial charge is 0.422 e. The fraction of sp³-hybridized carbons (Fsp3) is 0.500. The summed E-state index contributed by atoms with van der Waals surface area (Å²) in [6, 6.07) is 0. The Labute approximate surface area is 535 Å². The fourth-order valence-corrected chi connectivity index (χ4v) is 8.14. The number of hydrogen-bond acceptors (Lipinski definition) is 18. The van der Waals surface area contributed by atoms with Gasteiger partial charge in [-0.1, -0.05) is 0 Å². The lowest BCUT2D eigenvalue weighted by Crippen LogP contribution is -2.26. The minimum absolute atomic E-state index is 2.19. The molecule has 0 aliphatic carbocycles. The van der Waals surface area contributed by atoms with Crippen molar-refractivity contribution in [2.45, 2.75) is 74.1 Å². The molecule has 0 unspecified atom stereocenters. The maximum Gasteiger partial charge on any atom is 0.422 e. The van der Waals surface area contributed by atoms with E-state index in [0.717, 1.165) is 0 Å². The maximum absolute atomic E-state index is 14.4. The molecular formula is C48H24F36N6O12. The first-order valence-electron chi connectivity index (χ1n) is 25.6. The molecule has 0 N–H and O–H groups in total. The quantitative estimate of drug-likeness (QED) is 0.0774. The van der Waals surface area contributed by atoms with Crippen molar-refractivity contribution in [2.75, 3.05) is 79.3 Å². The van der Waals surface area contributed by atoms with Crippen LogP contribution < -0.4 is 56.8 Å². The molecule has 0 amide bonds. The monoisotopic (exact) mass is 1560 g/mol. The summed E-state index contributed by atoms with van der Waals surface area (Å²) in [5.74, 6) is -43.5. The molecule has 4 heterocycles. The molecule has 0 saturated heterocycles. The van der Waals surface area contributed by atoms with Crippen LogP contribution in [0, 0.1) is 0 Å². The topological polar surface area (TPSA) is 185 Å². The van der Waals surface area contributed by atoms with Gasteiger partial charge in [-0.3, -0.25) is 0 Å². The minimum Gasteiger partial charge on any atom is -0.479 e. The summed E-state index contributed by atoms with van der Waals surface area (Å²) in [6.45, 7) is -37.6. The molecule has 0 spiro atoms. The number of halogens is 36. The average Bonchev–Trinajstić information content (AvgIpc) is 1.54. The zero-order valence-corrected chi connectivity index (χ0v) is 47.7. The van der Waals surface area contributed by atoms with Crippen LogP contribution in [-0.4, -0.2) is 188 Å². The number of nitrogens with zero attached hydrogens (tertiary/aromatic N) is 6. The van der Waals surface area contributed by atoms with E-state index in [1.54, 1.807) is 0 Å². The molecule has 54 heteroatoms. The van der Waals surface area contributed by atoms with Crippen molar-refractivity contribution in [3.8, 4) is 69.0 Å². The van der Waals surface area contributed by atoms with E-state index in [2.05, 4.69) is 86.8 Å². The van der Waals surface area contributed by atoms with E-state index in [9.17, 15) is 158 Å². The molecule has 102 heavy (non-hydrogen) atoms. The predicted octanol–water partition coefficient (Wildman–Crippen LogP) is 14.9. The number of hydrogen-bond donors (Lipinski definition) is 0. The Morgan fingerprint density at radius 2 is 0.216 bits per heavy atom. The second kappa shape index (κ2) is 27.8. The van der Waals surface area contributed by atoms with Crippen molar-refractivity contribution >= 4 is 35.0 Å². The number of alkyl halides is 36. The van der Waals surface area contributed by atoms with Crippen LogP contribution in [0.5, 0.6) is 69.0 Å². The molecule has 4 aliphatic heterocycles. The number of ether oxygens (including phenoxy) is 12. The number of benzene rings is 3. The van der Waals surface area contributed by atoms with Crippen molar-refractivity contribution in [1.29, 1.82) is 0 Å². The summed E-state index contributed by atoms with van der Waals surface area (Å²) in [5.41, 5.74) is -13.2. The van der Waals surface area contributed by atoms with Crippen molar-refractivity contribution < 1.29 is 215 Å². The van der Waals surface area contributed by atoms with Crippen LogP contribution in [0.2, 0.25) is 0 Å². The molecule has 6 bridgehead atoms. The van der Waals surface area contributed by atoms with Crippen molar-refractivity contribution in [3.05, 3.63) is 33.4 Å². The Morgan fingerprint density at radius 3 is 0.294 bits per heavy atom. The van der Waals surface area contributed by atoms with Crippen LogP contribution >= 0.6 is 0 Å². The number of rotatable bonds is 24. The van der Waals surface area contributed by atoms with Crippen LogP contribution in [0.15, 0.2) is 30.0 Å². The third kappa shape index (κ3) is 21.9. The van der Waals surface area contributed by atoms with E-state index >= 15 is 0 Å². The van der Waals surface area contributed by atoms with Crippen LogP contribution in [0.4, 0.5) is 158 Å². The molecule has 3 aromatic carbocycles. The van der Waals surface area contributed by atoms with Gasteiger partial charge in [0.05, 0.1) is 33.4 Å². The lowest BCUT2D eigenvalue weighted by atomic mass is 10.0. The van der Waals surface area contributed by atoms with Crippen LogP contribution in [0.25, 0.3) is 0 Å². The Hall–Kier alpha value is -9.24. The molecule has 0 saturated carbocycles. The minimum atomic E-state index is -6.03. The van der Waals surface area contributed by atoms with Gasteiger partial charge in [-0.2, -0.15) is 158 Å². The van der Waals surface area contributed by atoms with Crippen molar-refractivity contribution in [2.24, 2.45) is 30.0 Å². The Morgan fingerprint density at radius 1 is 0.137 bits per heavy atom. The maximum atomic E-state index is 14.4. The highest BCUT2D eigenvalue weighted by atomic mass is 19.5. The second-order valence-corrected chi connectivity index (χ2v) is 19.7. The highest BCUT2D eigenvalue weighted by Crippen LogP contribution is 2.59. The van der Waals surface area contributed by atoms with Gasteiger partial charge in [0.25, 0.3) is 0 Å². The van der Waals surface area contributed by atoms with Crippen molar-refractivity contribution in [3.63, 3.8) is 0 Å². The van der Waals surface area contributed by atoms with Gasteiger partial charge >= 0.3 is 74.1 Å². The molecule has 570 valence electrons. The normalized spacial score (nSPS) is 15.3. The number of fused-ring (bicyclic) bond motifs is 12. The Balaban J connectivity index is 1.91. The third-order valence-electron chi connectivity index (χ3n) is 11.1. The fourth-order valence-electron chi connectivity index (χ4n) is 8.14. The van der Waals surface area contributed by atoms with Gasteiger partial charge in [-0.25, -0.2) is 30.0 Å². The first-order valence-corrected chi connectivity index (χ1v) is 25.6. The van der Waals surface area contributed by atoms with Crippen LogP contribution in [0.1, 0.15) is 33.4 Å². The van der Waals surface area contributed by atoms with E-state index in [4.69, 9.17) is 0 Å². The summed E-state index contributed by atoms with van der Waals surface area (Å²) in [7, 11) is 0. The van der Waals surface area contributed by atoms with Gasteiger partial charge in [-0.15, -0.1) is 0 Å². The van der Waals surface area contributed by atoms with E-state index < -0.39 is 291 Å². The molecule has 7 rings (SSSR count). The SMILES string of the molecule is FC(F)(F)COc1c(OCC(F)(F)F)c(OCC(F)(F)F)c2c(c1OCC(F)(F)F)C1=NC2=NC2=NC(=NC3=NC(=N1)c1c(OCC(F)(F)F)c(OCC(F)(F)F)c(OCC(F)(F)F)c(OCC(F)(F)F)c13)c1c(OCC(F)(F)F)c(OCC(F)(F)F)c(OCC(F)(F)F)c(OCC(F)(F)F)c12. The highest BCUT2D eigenvalue weighted by Gasteiger charge is 2.50. The molecule has 4 aliphatic rings. The van der Waals surface area contributed by atoms with Crippen LogP contribution in [0.3, 0.4) is 0 Å². The largest absolute Gasteiger partial charge is 0.479 e. The van der Waals surface area contributed by atoms with E-state index in [1.165, 1.54) is 0 Å². The molecular weight excluding hydrogens is 1540 g/mol. The summed E-state index contributed by atoms with van der Waals surface area (Å²) in [5, 5.41) is 0. The molecule has 0 fully saturated rings. The second-order valence-electron chi connectivity index (χ2n) is 19.7. The summed E-state index contributed by atoms with van der Waals surface area (Å²) in [6.07, 6.45) is -72.2. The van der Waals surface area contributed by atoms with Gasteiger partial charge in [-0.05, 0) is 0 Å². The predicted molar refractivity (Wildman–Crippen MR) is 257 cm³/mol. The average molecular weight is 1560 g/mol. The van der Waals surface area contributed by atoms with E-state index in [-0.39, 0.29) is 0 Å². The molecule has 18 nitrogen and oxygen atoms in total. The Bertz CT molecular complexity index is 3440. The van der Waals surface area contributed by atoms with E-state index in [0.29, 0.717) is 0 Å². The van der Waals surface area contributed by atoms with Gasteiger partial charge < -0.3 is 56.8 Å². The van der Waals surface area contributed by atoms with Gasteiger partial charge in [0, 0.05) is 0 Å². The first kappa shape index (κ1) is 80.1. The van der Waals surface area contributed by atoms with Crippen LogP contribution in [-0.2, 0) is 0 Å². The third-order valence-corrected chi connectivity index (χ3v) is 11.1. The van der Waals surface area contributed by atoms with Crippen molar-refractivity contribution in [1.82, 2.24) is 0 Å². The standard InChI is InChI=1S/C48H24F36N6O12/c49-37(50,51)1-91-19-13-14(20(92-2-38(52,53)54)26(98-8-44(70,71)72)25(19)97-7-43(67,68)69)32-85-31(13)88-33-15-16(22(94-4-40(58,59)60)28(100-10-46(76,77)78)27(99-9-45(73,74)75)21(15)93-3-39(55,56)57)35(86-33)90-36-18-17(34(87-36)89-32)23(95-5-41(61,62)63)29(101-11-47(79,80)81)30(102-12-48(82,83)84)24(18)96-6-42(64,65)66/h1-12H2. The molecule has 0 atom stereocenters. The van der Waals surface area contributed by atoms with Gasteiger partial charge in [0.15, 0.2) is 149 Å². The summed E-state index contributed by atoms with van der Waals surface area (Å²) >= 11 is 0. The Kier molecular flexibility index (Phi) is 21.9. The molecule has 3 aromatic rings. The summed E-state index contributed by atoms with van der Waals surface area (Å²) < 4.78 is 567. The lowest BCUT2D eigenvalue weighted by Gasteiger charge is -2.25. The molecule has 0 aromatic heterocycles. The summed E-state index contributed by atoms with van der Waals surface area (Å²) in [4.78, 5) is 20.9. The zero-order chi connectivity index (χ0) is 77.1. The number of amidine groups is 6. The van der Waals surface area contributed by atoms with Gasteiger partial charge in [0.1, 0.15) is 0 Å². The van der Waals surface area contributed by atoms with E-state index in [1.807, 2.05) is 0 Å². The first-order chi connectivity index (χ1) is 46.0. The lowest BCUT2D eigenvalue weighted by molar-refractivity contribution is -0.162. The molecule has 0 radical (unpaired) electrons. The highest BCUT2D eigenvalue weighted by molar-refractivity contribution is 6.37. The van der Waals surface area contributed by atoms with Gasteiger partial charge in [0.2, 0.25) is 34.5 Å². The number of aliphatic imine (C=N–C) groups is 6.